The van der Waals surface area contributed by atoms with Gasteiger partial charge in [-0.3, -0.25) is 9.89 Å². The van der Waals surface area contributed by atoms with E-state index in [0.29, 0.717) is 29.5 Å². The number of aromatic nitrogens is 4. The number of fused-ring (bicyclic) bond motifs is 1. The fourth-order valence-electron chi connectivity index (χ4n) is 2.79. The van der Waals surface area contributed by atoms with Gasteiger partial charge in [0.25, 0.3) is 5.91 Å². The Bertz CT molecular complexity index is 957. The Balaban J connectivity index is 1.42. The van der Waals surface area contributed by atoms with Crippen LogP contribution in [0, 0.1) is 4.77 Å². The van der Waals surface area contributed by atoms with Crippen molar-refractivity contribution in [2.45, 2.75) is 25.3 Å². The molecule has 0 spiro atoms. The highest BCUT2D eigenvalue weighted by Crippen LogP contribution is 2.35. The number of hydrogen-bond donors (Lipinski definition) is 2. The highest BCUT2D eigenvalue weighted by molar-refractivity contribution is 7.71. The highest BCUT2D eigenvalue weighted by Gasteiger charge is 2.27. The van der Waals surface area contributed by atoms with E-state index in [-0.39, 0.29) is 5.91 Å². The topological polar surface area (TPSA) is 75.6 Å². The van der Waals surface area contributed by atoms with E-state index >= 15 is 0 Å². The van der Waals surface area contributed by atoms with Crippen molar-refractivity contribution < 1.29 is 4.79 Å². The molecule has 2 aromatic heterocycles. The summed E-state index contributed by atoms with van der Waals surface area (Å²) in [4.78, 5) is 16.7. The quantitative estimate of drug-likeness (QED) is 0.701. The van der Waals surface area contributed by atoms with E-state index in [2.05, 4.69) is 25.1 Å². The Morgan fingerprint density at radius 2 is 2.12 bits per heavy atom. The lowest BCUT2D eigenvalue weighted by Crippen LogP contribution is -2.27. The fraction of sp³-hybridized carbons (Fsp3) is 0.294. The van der Waals surface area contributed by atoms with E-state index in [4.69, 9.17) is 12.2 Å². The predicted octanol–water partition coefficient (Wildman–Crippen LogP) is 2.80. The number of nitrogens with zero attached hydrogens (tertiary/aromatic N) is 3. The molecular weight excluding hydrogens is 322 g/mol. The third-order valence-corrected chi connectivity index (χ3v) is 4.44. The summed E-state index contributed by atoms with van der Waals surface area (Å²) in [6, 6.07) is 11.9. The largest absolute Gasteiger partial charge is 0.350 e. The lowest BCUT2D eigenvalue weighted by atomic mass is 10.2. The van der Waals surface area contributed by atoms with Crippen molar-refractivity contribution in [2.75, 3.05) is 6.54 Å². The van der Waals surface area contributed by atoms with Crippen molar-refractivity contribution in [3.63, 3.8) is 0 Å². The molecule has 0 bridgehead atoms. The number of H-pyrrole nitrogens is 1. The van der Waals surface area contributed by atoms with E-state index in [1.165, 1.54) is 0 Å². The van der Waals surface area contributed by atoms with E-state index in [1.807, 2.05) is 30.3 Å². The number of rotatable bonds is 5. The molecule has 0 aliphatic heterocycles. The Labute approximate surface area is 143 Å². The zero-order valence-corrected chi connectivity index (χ0v) is 13.8. The molecule has 1 aliphatic carbocycles. The molecule has 24 heavy (non-hydrogen) atoms. The molecule has 7 heteroatoms. The first kappa shape index (κ1) is 15.0. The van der Waals surface area contributed by atoms with Crippen LogP contribution < -0.4 is 5.32 Å². The van der Waals surface area contributed by atoms with Gasteiger partial charge in [0.2, 0.25) is 0 Å². The fourth-order valence-corrected chi connectivity index (χ4v) is 3.09. The van der Waals surface area contributed by atoms with Gasteiger partial charge in [-0.2, -0.15) is 5.10 Å². The number of benzene rings is 1. The first-order valence-electron chi connectivity index (χ1n) is 8.02. The van der Waals surface area contributed by atoms with Crippen LogP contribution in [0.2, 0.25) is 0 Å². The van der Waals surface area contributed by atoms with E-state index in [9.17, 15) is 4.79 Å². The average molecular weight is 339 g/mol. The smallest absolute Gasteiger partial charge is 0.269 e. The molecule has 4 rings (SSSR count). The van der Waals surface area contributed by atoms with Gasteiger partial charge < -0.3 is 9.88 Å². The summed E-state index contributed by atoms with van der Waals surface area (Å²) < 4.78 is 2.73. The van der Waals surface area contributed by atoms with Gasteiger partial charge in [-0.15, -0.1) is 0 Å². The van der Waals surface area contributed by atoms with E-state index in [0.717, 1.165) is 29.6 Å². The first-order chi connectivity index (χ1) is 11.7. The summed E-state index contributed by atoms with van der Waals surface area (Å²) in [6.45, 7) is 0.500. The monoisotopic (exact) mass is 339 g/mol. The van der Waals surface area contributed by atoms with Crippen LogP contribution in [-0.2, 0) is 6.42 Å². The minimum absolute atomic E-state index is 0.173. The van der Waals surface area contributed by atoms with Gasteiger partial charge in [0, 0.05) is 24.4 Å². The first-order valence-corrected chi connectivity index (χ1v) is 8.43. The van der Waals surface area contributed by atoms with Gasteiger partial charge in [-0.05, 0) is 37.2 Å². The summed E-state index contributed by atoms with van der Waals surface area (Å²) in [5.74, 6) is 0.724. The van der Waals surface area contributed by atoms with Gasteiger partial charge in [-0.25, -0.2) is 4.98 Å². The lowest BCUT2D eigenvalue weighted by Gasteiger charge is -2.07. The molecule has 1 aliphatic rings. The Morgan fingerprint density at radius 1 is 1.29 bits per heavy atom. The number of carbonyl (C=O) groups excluding carboxylic acids is 1. The minimum Gasteiger partial charge on any atom is -0.350 e. The lowest BCUT2D eigenvalue weighted by molar-refractivity contribution is 0.0949. The van der Waals surface area contributed by atoms with Gasteiger partial charge in [0.15, 0.2) is 4.77 Å². The zero-order chi connectivity index (χ0) is 16.5. The average Bonchev–Trinajstić information content (AvgIpc) is 3.37. The van der Waals surface area contributed by atoms with Crippen LogP contribution in [0.3, 0.4) is 0 Å². The molecule has 1 amide bonds. The molecule has 2 heterocycles. The second-order valence-corrected chi connectivity index (χ2v) is 6.33. The molecule has 0 radical (unpaired) electrons. The van der Waals surface area contributed by atoms with Crippen LogP contribution in [0.4, 0.5) is 0 Å². The maximum absolute atomic E-state index is 12.3. The second-order valence-electron chi connectivity index (χ2n) is 5.94. The molecule has 6 nitrogen and oxygen atoms in total. The molecule has 2 N–H and O–H groups in total. The third kappa shape index (κ3) is 2.94. The van der Waals surface area contributed by atoms with Gasteiger partial charge in [0.05, 0.1) is 5.52 Å². The number of aromatic amines is 1. The molecule has 0 saturated heterocycles. The number of para-hydroxylation sites is 1. The van der Waals surface area contributed by atoms with Crippen molar-refractivity contribution in [1.29, 1.82) is 0 Å². The number of pyridine rings is 1. The van der Waals surface area contributed by atoms with Crippen LogP contribution in [0.1, 0.15) is 35.2 Å². The van der Waals surface area contributed by atoms with Crippen molar-refractivity contribution >= 4 is 29.0 Å². The predicted molar refractivity (Wildman–Crippen MR) is 93.5 cm³/mol. The summed E-state index contributed by atoms with van der Waals surface area (Å²) >= 11 is 5.26. The second kappa shape index (κ2) is 6.16. The van der Waals surface area contributed by atoms with E-state index in [1.54, 1.807) is 6.07 Å². The van der Waals surface area contributed by atoms with Crippen LogP contribution in [0.25, 0.3) is 10.9 Å². The summed E-state index contributed by atoms with van der Waals surface area (Å²) in [5.41, 5.74) is 1.24. The number of amides is 1. The third-order valence-electron chi connectivity index (χ3n) is 4.15. The van der Waals surface area contributed by atoms with Crippen LogP contribution in [0.15, 0.2) is 36.4 Å². The van der Waals surface area contributed by atoms with Gasteiger partial charge >= 0.3 is 0 Å². The minimum atomic E-state index is -0.173. The molecule has 1 aromatic carbocycles. The number of nitrogens with one attached hydrogen (secondary N) is 2. The molecule has 0 atom stereocenters. The molecular formula is C17H17N5OS. The zero-order valence-electron chi connectivity index (χ0n) is 13.0. The van der Waals surface area contributed by atoms with Crippen LogP contribution in [0.5, 0.6) is 0 Å². The highest BCUT2D eigenvalue weighted by atomic mass is 32.1. The number of hydrogen-bond acceptors (Lipinski definition) is 4. The normalized spacial score (nSPS) is 14.0. The van der Waals surface area contributed by atoms with Crippen molar-refractivity contribution in [2.24, 2.45) is 0 Å². The van der Waals surface area contributed by atoms with E-state index < -0.39 is 0 Å². The van der Waals surface area contributed by atoms with Gasteiger partial charge in [-0.1, -0.05) is 24.3 Å². The molecule has 1 fully saturated rings. The van der Waals surface area contributed by atoms with Crippen molar-refractivity contribution in [1.82, 2.24) is 25.1 Å². The Kier molecular flexibility index (Phi) is 3.86. The number of carbonyl (C=O) groups is 1. The summed E-state index contributed by atoms with van der Waals surface area (Å²) in [5, 5.41) is 11.0. The maximum Gasteiger partial charge on any atom is 0.269 e. The molecule has 1 saturated carbocycles. The van der Waals surface area contributed by atoms with Crippen molar-refractivity contribution in [3.05, 3.63) is 52.7 Å². The summed E-state index contributed by atoms with van der Waals surface area (Å²) in [6.07, 6.45) is 2.94. The molecule has 3 aromatic rings. The molecule has 122 valence electrons. The maximum atomic E-state index is 12.3. The Hall–Kier alpha value is -2.54. The van der Waals surface area contributed by atoms with Crippen LogP contribution >= 0.6 is 12.2 Å². The van der Waals surface area contributed by atoms with Crippen molar-refractivity contribution in [3.8, 4) is 0 Å². The Morgan fingerprint density at radius 3 is 2.96 bits per heavy atom. The standard InChI is InChI=1S/C17H17N5OS/c23-16(14-8-5-11-3-1-2-4-13(11)19-14)18-10-9-15-20-21-17(24)22(15)12-6-7-12/h1-5,8,12H,6-7,9-10H2,(H,18,23)(H,21,24). The van der Waals surface area contributed by atoms with Crippen LogP contribution in [-0.4, -0.2) is 32.2 Å². The summed E-state index contributed by atoms with van der Waals surface area (Å²) in [7, 11) is 0. The molecule has 0 unspecified atom stereocenters. The van der Waals surface area contributed by atoms with Gasteiger partial charge in [0.1, 0.15) is 11.5 Å². The SMILES string of the molecule is O=C(NCCc1n[nH]c(=S)n1C1CC1)c1ccc2ccccc2n1.